The highest BCUT2D eigenvalue weighted by Crippen LogP contribution is 2.29. The van der Waals surface area contributed by atoms with Gasteiger partial charge >= 0.3 is 0 Å². The molecule has 1 saturated carbocycles. The molecule has 1 aromatic carbocycles. The van der Waals surface area contributed by atoms with Gasteiger partial charge in [-0.05, 0) is 42.7 Å². The average molecular weight is 341 g/mol. The summed E-state index contributed by atoms with van der Waals surface area (Å²) in [6.07, 6.45) is 2.60. The van der Waals surface area contributed by atoms with Crippen molar-refractivity contribution in [3.8, 4) is 0 Å². The van der Waals surface area contributed by atoms with Crippen molar-refractivity contribution in [1.82, 2.24) is 5.32 Å². The van der Waals surface area contributed by atoms with Gasteiger partial charge in [0.05, 0.1) is 10.9 Å². The molecule has 0 saturated heterocycles. The fourth-order valence-electron chi connectivity index (χ4n) is 2.34. The second-order valence-corrected chi connectivity index (χ2v) is 7.73. The summed E-state index contributed by atoms with van der Waals surface area (Å²) in [6.45, 7) is 1.74. The molecule has 2 nitrogen and oxygen atoms in total. The van der Waals surface area contributed by atoms with Gasteiger partial charge in [-0.1, -0.05) is 29.3 Å². The zero-order valence-corrected chi connectivity index (χ0v) is 14.2. The van der Waals surface area contributed by atoms with E-state index in [0.717, 1.165) is 22.4 Å². The molecule has 0 radical (unpaired) electrons. The van der Waals surface area contributed by atoms with Crippen molar-refractivity contribution in [2.75, 3.05) is 11.9 Å². The SMILES string of the molecule is CN(Cc1ccc(Cl)s1)c1cc(Cl)ccc1CNC1CC1. The molecule has 2 aromatic rings. The summed E-state index contributed by atoms with van der Waals surface area (Å²) in [4.78, 5) is 3.49. The molecule has 3 rings (SSSR count). The Morgan fingerprint density at radius 1 is 1.24 bits per heavy atom. The molecule has 5 heteroatoms. The Balaban J connectivity index is 1.75. The predicted molar refractivity (Wildman–Crippen MR) is 92.7 cm³/mol. The Labute approximate surface area is 139 Å². The van der Waals surface area contributed by atoms with E-state index in [0.29, 0.717) is 6.04 Å². The van der Waals surface area contributed by atoms with Gasteiger partial charge in [0, 0.05) is 35.2 Å². The Kier molecular flexibility index (Phi) is 4.75. The molecule has 0 aliphatic heterocycles. The molecule has 21 heavy (non-hydrogen) atoms. The molecular formula is C16H18Cl2N2S. The third-order valence-corrected chi connectivity index (χ3v) is 5.09. The zero-order chi connectivity index (χ0) is 14.8. The first kappa shape index (κ1) is 15.2. The van der Waals surface area contributed by atoms with Crippen molar-refractivity contribution in [3.63, 3.8) is 0 Å². The van der Waals surface area contributed by atoms with Gasteiger partial charge in [-0.25, -0.2) is 0 Å². The summed E-state index contributed by atoms with van der Waals surface area (Å²) in [7, 11) is 2.10. The zero-order valence-electron chi connectivity index (χ0n) is 11.9. The van der Waals surface area contributed by atoms with Gasteiger partial charge in [-0.2, -0.15) is 0 Å². The van der Waals surface area contributed by atoms with Gasteiger partial charge in [-0.3, -0.25) is 0 Å². The van der Waals surface area contributed by atoms with Crippen molar-refractivity contribution in [3.05, 3.63) is 50.1 Å². The third kappa shape index (κ3) is 4.13. The molecule has 0 spiro atoms. The van der Waals surface area contributed by atoms with E-state index >= 15 is 0 Å². The largest absolute Gasteiger partial charge is 0.369 e. The summed E-state index contributed by atoms with van der Waals surface area (Å²) in [5, 5.41) is 4.34. The Morgan fingerprint density at radius 2 is 2.05 bits per heavy atom. The highest BCUT2D eigenvalue weighted by Gasteiger charge is 2.21. The number of hydrogen-bond donors (Lipinski definition) is 1. The smallest absolute Gasteiger partial charge is 0.0931 e. The number of anilines is 1. The second kappa shape index (κ2) is 6.57. The lowest BCUT2D eigenvalue weighted by atomic mass is 10.1. The van der Waals surface area contributed by atoms with Crippen LogP contribution in [0.15, 0.2) is 30.3 Å². The van der Waals surface area contributed by atoms with E-state index < -0.39 is 0 Å². The first-order chi connectivity index (χ1) is 10.1. The van der Waals surface area contributed by atoms with Crippen molar-refractivity contribution in [2.24, 2.45) is 0 Å². The van der Waals surface area contributed by atoms with Gasteiger partial charge in [0.15, 0.2) is 0 Å². The van der Waals surface area contributed by atoms with Crippen molar-refractivity contribution < 1.29 is 0 Å². The summed E-state index contributed by atoms with van der Waals surface area (Å²) in [5.41, 5.74) is 2.47. The van der Waals surface area contributed by atoms with Crippen LogP contribution in [0.3, 0.4) is 0 Å². The highest BCUT2D eigenvalue weighted by atomic mass is 35.5. The van der Waals surface area contributed by atoms with Crippen molar-refractivity contribution in [2.45, 2.75) is 32.0 Å². The monoisotopic (exact) mass is 340 g/mol. The molecule has 112 valence electrons. The molecule has 1 aliphatic rings. The first-order valence-electron chi connectivity index (χ1n) is 7.09. The third-order valence-electron chi connectivity index (χ3n) is 3.64. The maximum Gasteiger partial charge on any atom is 0.0931 e. The van der Waals surface area contributed by atoms with E-state index in [-0.39, 0.29) is 0 Å². The predicted octanol–water partition coefficient (Wildman–Crippen LogP) is 4.94. The summed E-state index contributed by atoms with van der Waals surface area (Å²) < 4.78 is 0.833. The fourth-order valence-corrected chi connectivity index (χ4v) is 3.65. The Morgan fingerprint density at radius 3 is 2.71 bits per heavy atom. The van der Waals surface area contributed by atoms with E-state index in [2.05, 4.69) is 29.4 Å². The molecule has 0 bridgehead atoms. The van der Waals surface area contributed by atoms with Gasteiger partial charge in [0.2, 0.25) is 0 Å². The summed E-state index contributed by atoms with van der Waals surface area (Å²) in [5.74, 6) is 0. The van der Waals surface area contributed by atoms with Gasteiger partial charge < -0.3 is 10.2 Å². The summed E-state index contributed by atoms with van der Waals surface area (Å²) in [6, 6.07) is 10.9. The molecule has 1 fully saturated rings. The Bertz CT molecular complexity index is 622. The van der Waals surface area contributed by atoms with Gasteiger partial charge in [0.25, 0.3) is 0 Å². The van der Waals surface area contributed by atoms with E-state index in [1.165, 1.54) is 29.0 Å². The lowest BCUT2D eigenvalue weighted by Crippen LogP contribution is -2.21. The van der Waals surface area contributed by atoms with Crippen LogP contribution in [0, 0.1) is 0 Å². The van der Waals surface area contributed by atoms with Crippen LogP contribution < -0.4 is 10.2 Å². The van der Waals surface area contributed by atoms with Crippen LogP contribution in [-0.4, -0.2) is 13.1 Å². The van der Waals surface area contributed by atoms with E-state index in [1.54, 1.807) is 11.3 Å². The van der Waals surface area contributed by atoms with E-state index in [4.69, 9.17) is 23.2 Å². The topological polar surface area (TPSA) is 15.3 Å². The van der Waals surface area contributed by atoms with Crippen LogP contribution in [0.25, 0.3) is 0 Å². The van der Waals surface area contributed by atoms with Crippen molar-refractivity contribution in [1.29, 1.82) is 0 Å². The fraction of sp³-hybridized carbons (Fsp3) is 0.375. The van der Waals surface area contributed by atoms with Crippen LogP contribution in [0.4, 0.5) is 5.69 Å². The second-order valence-electron chi connectivity index (χ2n) is 5.49. The molecule has 0 amide bonds. The standard InChI is InChI=1S/C16H18Cl2N2S/c1-20(10-14-6-7-16(18)21-14)15-8-12(17)3-2-11(15)9-19-13-4-5-13/h2-3,6-8,13,19H,4-5,9-10H2,1H3. The minimum absolute atomic E-state index is 0.704. The number of nitrogens with zero attached hydrogens (tertiary/aromatic N) is 1. The minimum Gasteiger partial charge on any atom is -0.369 e. The molecule has 1 aliphatic carbocycles. The normalized spacial score (nSPS) is 14.4. The number of thiophene rings is 1. The maximum atomic E-state index is 6.18. The number of nitrogens with one attached hydrogen (secondary N) is 1. The molecule has 1 heterocycles. The lowest BCUT2D eigenvalue weighted by molar-refractivity contribution is 0.685. The quantitative estimate of drug-likeness (QED) is 0.800. The van der Waals surface area contributed by atoms with Crippen LogP contribution >= 0.6 is 34.5 Å². The van der Waals surface area contributed by atoms with Gasteiger partial charge in [-0.15, -0.1) is 11.3 Å². The van der Waals surface area contributed by atoms with Crippen LogP contribution in [0.2, 0.25) is 9.36 Å². The van der Waals surface area contributed by atoms with E-state index in [1.807, 2.05) is 18.2 Å². The number of rotatable bonds is 6. The summed E-state index contributed by atoms with van der Waals surface area (Å²) >= 11 is 13.8. The highest BCUT2D eigenvalue weighted by molar-refractivity contribution is 7.16. The van der Waals surface area contributed by atoms with E-state index in [9.17, 15) is 0 Å². The molecule has 0 atom stereocenters. The number of benzene rings is 1. The van der Waals surface area contributed by atoms with Crippen LogP contribution in [-0.2, 0) is 13.1 Å². The molecule has 1 aromatic heterocycles. The van der Waals surface area contributed by atoms with Crippen LogP contribution in [0.1, 0.15) is 23.3 Å². The number of hydrogen-bond acceptors (Lipinski definition) is 3. The average Bonchev–Trinajstić information content (AvgIpc) is 3.20. The maximum absolute atomic E-state index is 6.18. The molecule has 0 unspecified atom stereocenters. The molecule has 1 N–H and O–H groups in total. The number of halogens is 2. The minimum atomic E-state index is 0.704. The molecular weight excluding hydrogens is 323 g/mol. The van der Waals surface area contributed by atoms with Crippen LogP contribution in [0.5, 0.6) is 0 Å². The first-order valence-corrected chi connectivity index (χ1v) is 8.66. The van der Waals surface area contributed by atoms with Crippen molar-refractivity contribution >= 4 is 40.2 Å². The Hall–Kier alpha value is -0.740. The lowest BCUT2D eigenvalue weighted by Gasteiger charge is -2.22. The van der Waals surface area contributed by atoms with Gasteiger partial charge in [0.1, 0.15) is 0 Å².